The van der Waals surface area contributed by atoms with Crippen LogP contribution in [-0.2, 0) is 16.6 Å². The summed E-state index contributed by atoms with van der Waals surface area (Å²) in [7, 11) is -3.55. The van der Waals surface area contributed by atoms with E-state index in [0.717, 1.165) is 11.1 Å². The van der Waals surface area contributed by atoms with Crippen LogP contribution in [0.1, 0.15) is 28.4 Å². The zero-order valence-corrected chi connectivity index (χ0v) is 14.0. The number of hydrogen-bond acceptors (Lipinski definition) is 3. The van der Waals surface area contributed by atoms with Crippen LogP contribution in [0.4, 0.5) is 0 Å². The van der Waals surface area contributed by atoms with E-state index in [2.05, 4.69) is 0 Å². The maximum atomic E-state index is 12.7. The highest BCUT2D eigenvalue weighted by Crippen LogP contribution is 2.19. The van der Waals surface area contributed by atoms with Crippen LogP contribution in [0.2, 0.25) is 0 Å². The third-order valence-electron chi connectivity index (χ3n) is 3.61. The van der Waals surface area contributed by atoms with Gasteiger partial charge in [0, 0.05) is 18.7 Å². The zero-order chi connectivity index (χ0) is 17.0. The van der Waals surface area contributed by atoms with Crippen molar-refractivity contribution in [1.82, 2.24) is 4.31 Å². The first-order chi connectivity index (χ1) is 10.8. The first kappa shape index (κ1) is 17.2. The summed E-state index contributed by atoms with van der Waals surface area (Å²) in [5.41, 5.74) is 7.41. The lowest BCUT2D eigenvalue weighted by atomic mass is 10.1. The SMILES string of the molecule is CCN(Cc1ccc(C(N)=O)cc1)S(=O)(=O)c1ccc(C)cc1. The van der Waals surface area contributed by atoms with Gasteiger partial charge in [-0.2, -0.15) is 4.31 Å². The number of hydrogen-bond donors (Lipinski definition) is 1. The van der Waals surface area contributed by atoms with E-state index in [9.17, 15) is 13.2 Å². The van der Waals surface area contributed by atoms with Crippen molar-refractivity contribution in [1.29, 1.82) is 0 Å². The third-order valence-corrected chi connectivity index (χ3v) is 5.54. The number of sulfonamides is 1. The highest BCUT2D eigenvalue weighted by Gasteiger charge is 2.23. The smallest absolute Gasteiger partial charge is 0.248 e. The van der Waals surface area contributed by atoms with Crippen molar-refractivity contribution in [2.45, 2.75) is 25.3 Å². The van der Waals surface area contributed by atoms with Crippen molar-refractivity contribution < 1.29 is 13.2 Å². The van der Waals surface area contributed by atoms with E-state index in [1.165, 1.54) is 4.31 Å². The summed E-state index contributed by atoms with van der Waals surface area (Å²) in [5.74, 6) is -0.504. The first-order valence-electron chi connectivity index (χ1n) is 7.30. The summed E-state index contributed by atoms with van der Waals surface area (Å²) < 4.78 is 26.8. The second kappa shape index (κ2) is 6.93. The summed E-state index contributed by atoms with van der Waals surface area (Å²) in [6, 6.07) is 13.4. The minimum atomic E-state index is -3.55. The molecule has 0 spiro atoms. The molecular weight excluding hydrogens is 312 g/mol. The van der Waals surface area contributed by atoms with E-state index < -0.39 is 15.9 Å². The average molecular weight is 332 g/mol. The number of amides is 1. The van der Waals surface area contributed by atoms with Crippen molar-refractivity contribution in [3.05, 3.63) is 65.2 Å². The predicted octanol–water partition coefficient (Wildman–Crippen LogP) is 2.30. The number of nitrogens with two attached hydrogens (primary N) is 1. The fourth-order valence-electron chi connectivity index (χ4n) is 2.20. The van der Waals surface area contributed by atoms with E-state index in [0.29, 0.717) is 12.1 Å². The van der Waals surface area contributed by atoms with Crippen molar-refractivity contribution >= 4 is 15.9 Å². The molecule has 0 radical (unpaired) electrons. The van der Waals surface area contributed by atoms with E-state index in [1.54, 1.807) is 55.5 Å². The molecule has 2 rings (SSSR count). The molecule has 0 aromatic heterocycles. The molecule has 0 atom stereocenters. The number of carbonyl (C=O) groups is 1. The Labute approximate surface area is 136 Å². The van der Waals surface area contributed by atoms with Crippen LogP contribution in [0.25, 0.3) is 0 Å². The second-order valence-electron chi connectivity index (χ2n) is 5.31. The zero-order valence-electron chi connectivity index (χ0n) is 13.2. The second-order valence-corrected chi connectivity index (χ2v) is 7.24. The molecular formula is C17H20N2O3S. The standard InChI is InChI=1S/C17H20N2O3S/c1-3-19(12-14-6-8-15(9-7-14)17(18)20)23(21,22)16-10-4-13(2)5-11-16/h4-11H,3,12H2,1-2H3,(H2,18,20). The van der Waals surface area contributed by atoms with Gasteiger partial charge in [0.15, 0.2) is 0 Å². The molecule has 2 aromatic rings. The molecule has 0 bridgehead atoms. The summed E-state index contributed by atoms with van der Waals surface area (Å²) in [4.78, 5) is 11.4. The highest BCUT2D eigenvalue weighted by atomic mass is 32.2. The van der Waals surface area contributed by atoms with Crippen LogP contribution in [0.15, 0.2) is 53.4 Å². The Morgan fingerprint density at radius 2 is 1.61 bits per heavy atom. The van der Waals surface area contributed by atoms with E-state index >= 15 is 0 Å². The lowest BCUT2D eigenvalue weighted by Gasteiger charge is -2.21. The number of rotatable bonds is 6. The minimum Gasteiger partial charge on any atom is -0.366 e. The summed E-state index contributed by atoms with van der Waals surface area (Å²) in [6.45, 7) is 4.30. The quantitative estimate of drug-likeness (QED) is 0.881. The Kier molecular flexibility index (Phi) is 5.18. The largest absolute Gasteiger partial charge is 0.366 e. The highest BCUT2D eigenvalue weighted by molar-refractivity contribution is 7.89. The van der Waals surface area contributed by atoms with Crippen LogP contribution in [0, 0.1) is 6.92 Å². The van der Waals surface area contributed by atoms with Gasteiger partial charge in [-0.3, -0.25) is 4.79 Å². The number of aryl methyl sites for hydroxylation is 1. The van der Waals surface area contributed by atoms with E-state index in [4.69, 9.17) is 5.73 Å². The summed E-state index contributed by atoms with van der Waals surface area (Å²) in [6.07, 6.45) is 0. The molecule has 1 amide bonds. The van der Waals surface area contributed by atoms with Gasteiger partial charge >= 0.3 is 0 Å². The van der Waals surface area contributed by atoms with Crippen LogP contribution < -0.4 is 5.73 Å². The Balaban J connectivity index is 2.24. The molecule has 0 saturated heterocycles. The first-order valence-corrected chi connectivity index (χ1v) is 8.74. The Hall–Kier alpha value is -2.18. The molecule has 2 aromatic carbocycles. The van der Waals surface area contributed by atoms with Gasteiger partial charge in [-0.05, 0) is 36.8 Å². The lowest BCUT2D eigenvalue weighted by molar-refractivity contribution is 0.1000. The summed E-state index contributed by atoms with van der Waals surface area (Å²) in [5, 5.41) is 0. The molecule has 0 heterocycles. The number of carbonyl (C=O) groups excluding carboxylic acids is 1. The maximum absolute atomic E-state index is 12.7. The molecule has 0 aliphatic carbocycles. The van der Waals surface area contributed by atoms with E-state index in [-0.39, 0.29) is 11.4 Å². The van der Waals surface area contributed by atoms with Gasteiger partial charge in [-0.1, -0.05) is 36.8 Å². The van der Waals surface area contributed by atoms with Crippen LogP contribution >= 0.6 is 0 Å². The third kappa shape index (κ3) is 3.97. The maximum Gasteiger partial charge on any atom is 0.248 e. The van der Waals surface area contributed by atoms with E-state index in [1.807, 2.05) is 6.92 Å². The number of primary amides is 1. The molecule has 0 saturated carbocycles. The fourth-order valence-corrected chi connectivity index (χ4v) is 3.64. The minimum absolute atomic E-state index is 0.242. The van der Waals surface area contributed by atoms with Crippen molar-refractivity contribution in [3.63, 3.8) is 0 Å². The molecule has 6 heteroatoms. The van der Waals surface area contributed by atoms with Crippen LogP contribution in [0.5, 0.6) is 0 Å². The Bertz CT molecular complexity index is 782. The van der Waals surface area contributed by atoms with Gasteiger partial charge < -0.3 is 5.73 Å². The Morgan fingerprint density at radius 1 is 1.04 bits per heavy atom. The molecule has 2 N–H and O–H groups in total. The van der Waals surface area contributed by atoms with Crippen molar-refractivity contribution in [3.8, 4) is 0 Å². The number of benzene rings is 2. The fraction of sp³-hybridized carbons (Fsp3) is 0.235. The molecule has 5 nitrogen and oxygen atoms in total. The van der Waals surface area contributed by atoms with Crippen LogP contribution in [0.3, 0.4) is 0 Å². The molecule has 122 valence electrons. The van der Waals surface area contributed by atoms with Crippen LogP contribution in [-0.4, -0.2) is 25.2 Å². The molecule has 0 aliphatic rings. The number of nitrogens with zero attached hydrogens (tertiary/aromatic N) is 1. The normalized spacial score (nSPS) is 11.6. The van der Waals surface area contributed by atoms with Gasteiger partial charge in [0.05, 0.1) is 4.90 Å². The van der Waals surface area contributed by atoms with Crippen molar-refractivity contribution in [2.75, 3.05) is 6.54 Å². The van der Waals surface area contributed by atoms with Gasteiger partial charge in [0.1, 0.15) is 0 Å². The average Bonchev–Trinajstić information content (AvgIpc) is 2.53. The molecule has 23 heavy (non-hydrogen) atoms. The monoisotopic (exact) mass is 332 g/mol. The predicted molar refractivity (Wildman–Crippen MR) is 89.4 cm³/mol. The van der Waals surface area contributed by atoms with Gasteiger partial charge in [0.2, 0.25) is 15.9 Å². The van der Waals surface area contributed by atoms with Gasteiger partial charge in [-0.15, -0.1) is 0 Å². The summed E-state index contributed by atoms with van der Waals surface area (Å²) >= 11 is 0. The topological polar surface area (TPSA) is 80.5 Å². The molecule has 0 fully saturated rings. The van der Waals surface area contributed by atoms with Gasteiger partial charge in [-0.25, -0.2) is 8.42 Å². The Morgan fingerprint density at radius 3 is 2.09 bits per heavy atom. The molecule has 0 aliphatic heterocycles. The van der Waals surface area contributed by atoms with Crippen molar-refractivity contribution in [2.24, 2.45) is 5.73 Å². The van der Waals surface area contributed by atoms with Gasteiger partial charge in [0.25, 0.3) is 0 Å². The molecule has 0 unspecified atom stereocenters. The lowest BCUT2D eigenvalue weighted by Crippen LogP contribution is -2.30.